The summed E-state index contributed by atoms with van der Waals surface area (Å²) in [6, 6.07) is 18.3. The molecule has 5 heteroatoms. The van der Waals surface area contributed by atoms with Gasteiger partial charge in [-0.2, -0.15) is 0 Å². The average molecular weight is 394 g/mol. The van der Waals surface area contributed by atoms with Crippen molar-refractivity contribution in [2.45, 2.75) is 38.8 Å². The second-order valence-electron chi connectivity index (χ2n) is 7.71. The molecule has 0 bridgehead atoms. The highest BCUT2D eigenvalue weighted by molar-refractivity contribution is 5.88. The summed E-state index contributed by atoms with van der Waals surface area (Å²) < 4.78 is 0. The van der Waals surface area contributed by atoms with Crippen LogP contribution in [-0.2, 0) is 16.1 Å². The monoisotopic (exact) mass is 393 g/mol. The molecule has 3 rings (SSSR count). The minimum Gasteiger partial charge on any atom is -0.353 e. The van der Waals surface area contributed by atoms with E-state index in [1.54, 1.807) is 4.90 Å². The molecule has 154 valence electrons. The number of hydrogen-bond acceptors (Lipinski definition) is 3. The number of nitrogens with one attached hydrogen (secondary N) is 1. The fourth-order valence-electron chi connectivity index (χ4n) is 3.68. The van der Waals surface area contributed by atoms with Gasteiger partial charge in [0.15, 0.2) is 0 Å². The van der Waals surface area contributed by atoms with Gasteiger partial charge in [-0.05, 0) is 23.1 Å². The molecule has 1 aliphatic rings. The number of carbonyl (C=O) groups is 2. The van der Waals surface area contributed by atoms with Crippen LogP contribution in [0.5, 0.6) is 0 Å². The van der Waals surface area contributed by atoms with E-state index in [0.717, 1.165) is 31.5 Å². The van der Waals surface area contributed by atoms with Crippen molar-refractivity contribution in [1.82, 2.24) is 15.1 Å². The summed E-state index contributed by atoms with van der Waals surface area (Å²) in [4.78, 5) is 28.9. The zero-order chi connectivity index (χ0) is 20.6. The number of piperazine rings is 1. The van der Waals surface area contributed by atoms with E-state index in [9.17, 15) is 9.59 Å². The Morgan fingerprint density at radius 2 is 1.79 bits per heavy atom. The molecule has 1 aliphatic heterocycles. The Morgan fingerprint density at radius 3 is 2.48 bits per heavy atom. The van der Waals surface area contributed by atoms with Crippen LogP contribution in [0.1, 0.15) is 31.7 Å². The van der Waals surface area contributed by atoms with Crippen LogP contribution in [0, 0.1) is 0 Å². The molecule has 2 amide bonds. The number of rotatable bonds is 8. The molecule has 2 aromatic rings. The summed E-state index contributed by atoms with van der Waals surface area (Å²) in [5.41, 5.74) is 3.51. The maximum atomic E-state index is 12.6. The van der Waals surface area contributed by atoms with Crippen LogP contribution in [0.4, 0.5) is 0 Å². The fourth-order valence-corrected chi connectivity index (χ4v) is 3.68. The predicted octanol–water partition coefficient (Wildman–Crippen LogP) is 3.30. The van der Waals surface area contributed by atoms with Gasteiger partial charge in [0.25, 0.3) is 0 Å². The van der Waals surface area contributed by atoms with E-state index in [1.807, 2.05) is 25.2 Å². The highest BCUT2D eigenvalue weighted by Gasteiger charge is 2.32. The number of benzene rings is 2. The molecule has 1 unspecified atom stereocenters. The topological polar surface area (TPSA) is 52.7 Å². The molecule has 29 heavy (non-hydrogen) atoms. The number of nitrogens with zero attached hydrogens (tertiary/aromatic N) is 2. The van der Waals surface area contributed by atoms with Crippen LogP contribution in [0.3, 0.4) is 0 Å². The summed E-state index contributed by atoms with van der Waals surface area (Å²) in [5, 5.41) is 2.91. The number of carbonyl (C=O) groups excluding carboxylic acids is 2. The minimum atomic E-state index is -0.408. The quantitative estimate of drug-likeness (QED) is 0.749. The van der Waals surface area contributed by atoms with Crippen molar-refractivity contribution in [3.8, 4) is 11.1 Å². The smallest absolute Gasteiger partial charge is 0.237 e. The third-order valence-electron chi connectivity index (χ3n) is 5.53. The predicted molar refractivity (Wildman–Crippen MR) is 116 cm³/mol. The Morgan fingerprint density at radius 1 is 1.10 bits per heavy atom. The third kappa shape index (κ3) is 5.67. The Bertz CT molecular complexity index is 805. The molecule has 1 N–H and O–H groups in total. The summed E-state index contributed by atoms with van der Waals surface area (Å²) in [5.74, 6) is -0.0145. The molecule has 0 saturated carbocycles. The van der Waals surface area contributed by atoms with Gasteiger partial charge in [0, 0.05) is 33.2 Å². The van der Waals surface area contributed by atoms with E-state index >= 15 is 0 Å². The maximum absolute atomic E-state index is 12.6. The first-order valence-electron chi connectivity index (χ1n) is 10.5. The van der Waals surface area contributed by atoms with Crippen LogP contribution in [0.15, 0.2) is 54.6 Å². The van der Waals surface area contributed by atoms with Crippen molar-refractivity contribution in [2.75, 3.05) is 26.7 Å². The van der Waals surface area contributed by atoms with Crippen molar-refractivity contribution in [1.29, 1.82) is 0 Å². The molecular formula is C24H31N3O2. The van der Waals surface area contributed by atoms with Gasteiger partial charge in [-0.15, -0.1) is 0 Å². The Kier molecular flexibility index (Phi) is 7.42. The Labute approximate surface area is 173 Å². The molecule has 0 radical (unpaired) electrons. The van der Waals surface area contributed by atoms with Gasteiger partial charge >= 0.3 is 0 Å². The first-order chi connectivity index (χ1) is 14.1. The highest BCUT2D eigenvalue weighted by Crippen LogP contribution is 2.21. The van der Waals surface area contributed by atoms with Gasteiger partial charge in [0.05, 0.1) is 12.5 Å². The molecular weight excluding hydrogens is 362 g/mol. The molecule has 2 aromatic carbocycles. The molecule has 1 heterocycles. The molecule has 0 aliphatic carbocycles. The van der Waals surface area contributed by atoms with Gasteiger partial charge in [0.2, 0.25) is 11.8 Å². The van der Waals surface area contributed by atoms with Crippen LogP contribution in [0.2, 0.25) is 0 Å². The van der Waals surface area contributed by atoms with E-state index in [0.29, 0.717) is 13.1 Å². The average Bonchev–Trinajstić information content (AvgIpc) is 2.75. The number of amides is 2. The molecule has 0 aromatic heterocycles. The van der Waals surface area contributed by atoms with Gasteiger partial charge in [-0.1, -0.05) is 67.9 Å². The first-order valence-corrected chi connectivity index (χ1v) is 10.5. The normalized spacial score (nSPS) is 17.0. The lowest BCUT2D eigenvalue weighted by atomic mass is 10.0. The van der Waals surface area contributed by atoms with Crippen molar-refractivity contribution >= 4 is 11.8 Å². The van der Waals surface area contributed by atoms with Crippen LogP contribution in [-0.4, -0.2) is 54.3 Å². The minimum absolute atomic E-state index is 0.0323. The number of hydrogen-bond donors (Lipinski definition) is 1. The lowest BCUT2D eigenvalue weighted by Crippen LogP contribution is -2.56. The van der Waals surface area contributed by atoms with E-state index in [2.05, 4.69) is 53.5 Å². The van der Waals surface area contributed by atoms with Crippen molar-refractivity contribution in [3.63, 3.8) is 0 Å². The third-order valence-corrected chi connectivity index (χ3v) is 5.53. The van der Waals surface area contributed by atoms with Gasteiger partial charge in [-0.25, -0.2) is 0 Å². The lowest BCUT2D eigenvalue weighted by molar-refractivity contribution is -0.138. The SMILES string of the molecule is CCCCN(C)C(=O)CC1C(=O)NCCN1Cc1ccc(-c2ccccc2)cc1. The lowest BCUT2D eigenvalue weighted by Gasteiger charge is -2.35. The van der Waals surface area contributed by atoms with E-state index in [1.165, 1.54) is 11.1 Å². The van der Waals surface area contributed by atoms with Gasteiger partial charge < -0.3 is 10.2 Å². The van der Waals surface area contributed by atoms with E-state index < -0.39 is 6.04 Å². The first kappa shape index (κ1) is 21.1. The number of unbranched alkanes of at least 4 members (excludes halogenated alkanes) is 1. The molecule has 1 fully saturated rings. The van der Waals surface area contributed by atoms with Crippen molar-refractivity contribution < 1.29 is 9.59 Å². The summed E-state index contributed by atoms with van der Waals surface area (Å²) in [7, 11) is 1.82. The Balaban J connectivity index is 1.66. The zero-order valence-electron chi connectivity index (χ0n) is 17.4. The molecule has 1 saturated heterocycles. The van der Waals surface area contributed by atoms with Gasteiger partial charge in [-0.3, -0.25) is 14.5 Å². The standard InChI is InChI=1S/C24H31N3O2/c1-3-4-15-26(2)23(28)17-22-24(29)25-14-16-27(22)18-19-10-12-21(13-11-19)20-8-6-5-7-9-20/h5-13,22H,3-4,14-18H2,1-2H3,(H,25,29). The van der Waals surface area contributed by atoms with Crippen molar-refractivity contribution in [3.05, 3.63) is 60.2 Å². The Hall–Kier alpha value is -2.66. The summed E-state index contributed by atoms with van der Waals surface area (Å²) in [6.07, 6.45) is 2.26. The summed E-state index contributed by atoms with van der Waals surface area (Å²) >= 11 is 0. The van der Waals surface area contributed by atoms with E-state index in [-0.39, 0.29) is 18.2 Å². The largest absolute Gasteiger partial charge is 0.353 e. The molecule has 0 spiro atoms. The van der Waals surface area contributed by atoms with Crippen LogP contribution >= 0.6 is 0 Å². The molecule has 5 nitrogen and oxygen atoms in total. The molecule has 1 atom stereocenters. The van der Waals surface area contributed by atoms with Gasteiger partial charge in [0.1, 0.15) is 0 Å². The highest BCUT2D eigenvalue weighted by atomic mass is 16.2. The zero-order valence-corrected chi connectivity index (χ0v) is 17.4. The van der Waals surface area contributed by atoms with Crippen LogP contribution in [0.25, 0.3) is 11.1 Å². The summed E-state index contributed by atoms with van der Waals surface area (Å²) in [6.45, 7) is 4.89. The maximum Gasteiger partial charge on any atom is 0.237 e. The second kappa shape index (κ2) is 10.2. The van der Waals surface area contributed by atoms with Crippen molar-refractivity contribution in [2.24, 2.45) is 0 Å². The second-order valence-corrected chi connectivity index (χ2v) is 7.71. The van der Waals surface area contributed by atoms with Crippen LogP contribution < -0.4 is 5.32 Å². The fraction of sp³-hybridized carbons (Fsp3) is 0.417. The van der Waals surface area contributed by atoms with E-state index in [4.69, 9.17) is 0 Å².